The summed E-state index contributed by atoms with van der Waals surface area (Å²) in [7, 11) is 0. The van der Waals surface area contributed by atoms with E-state index in [-0.39, 0.29) is 16.8 Å². The summed E-state index contributed by atoms with van der Waals surface area (Å²) in [6.07, 6.45) is 2.46. The van der Waals surface area contributed by atoms with Crippen LogP contribution in [0.4, 0.5) is 5.82 Å². The minimum Gasteiger partial charge on any atom is -0.360 e. The first-order valence-corrected chi connectivity index (χ1v) is 8.49. The van der Waals surface area contributed by atoms with Crippen LogP contribution in [-0.4, -0.2) is 31.1 Å². The molecule has 1 amide bonds. The molecule has 0 aromatic carbocycles. The molecule has 9 heteroatoms. The van der Waals surface area contributed by atoms with Crippen LogP contribution in [0.5, 0.6) is 0 Å². The van der Waals surface area contributed by atoms with Gasteiger partial charge in [0.15, 0.2) is 11.0 Å². The quantitative estimate of drug-likeness (QED) is 0.714. The van der Waals surface area contributed by atoms with Crippen molar-refractivity contribution in [3.63, 3.8) is 0 Å². The molecule has 0 saturated heterocycles. The van der Waals surface area contributed by atoms with E-state index < -0.39 is 0 Å². The number of aromatic amines is 1. The van der Waals surface area contributed by atoms with E-state index in [9.17, 15) is 9.59 Å². The Hall–Kier alpha value is -2.03. The van der Waals surface area contributed by atoms with Crippen LogP contribution >= 0.6 is 11.8 Å². The Bertz CT molecular complexity index is 705. The highest BCUT2D eigenvalue weighted by molar-refractivity contribution is 8.00. The molecule has 2 heterocycles. The molecule has 8 nitrogen and oxygen atoms in total. The molecule has 0 aliphatic carbocycles. The first-order valence-electron chi connectivity index (χ1n) is 7.61. The maximum atomic E-state index is 12.4. The third-order valence-corrected chi connectivity index (χ3v) is 4.60. The van der Waals surface area contributed by atoms with Crippen molar-refractivity contribution in [3.05, 3.63) is 22.3 Å². The molecular weight excluding hydrogens is 318 g/mol. The Morgan fingerprint density at radius 2 is 2.30 bits per heavy atom. The number of carbonyl (C=O) groups excluding carboxylic acids is 1. The van der Waals surface area contributed by atoms with Crippen molar-refractivity contribution >= 4 is 23.5 Å². The Balaban J connectivity index is 2.07. The smallest absolute Gasteiger partial charge is 0.343 e. The van der Waals surface area contributed by atoms with Gasteiger partial charge in [-0.05, 0) is 19.8 Å². The molecule has 126 valence electrons. The van der Waals surface area contributed by atoms with Crippen molar-refractivity contribution in [2.75, 3.05) is 5.32 Å². The molecule has 1 atom stereocenters. The first kappa shape index (κ1) is 17.3. The average Bonchev–Trinajstić information content (AvgIpc) is 3.08. The van der Waals surface area contributed by atoms with Crippen LogP contribution < -0.4 is 11.0 Å². The number of aryl methyl sites for hydroxylation is 1. The number of nitrogens with zero attached hydrogens (tertiary/aromatic N) is 3. The average molecular weight is 339 g/mol. The zero-order valence-electron chi connectivity index (χ0n) is 13.5. The van der Waals surface area contributed by atoms with Crippen molar-refractivity contribution in [3.8, 4) is 0 Å². The first-order chi connectivity index (χ1) is 11.0. The number of thioether (sulfide) groups is 1. The van der Waals surface area contributed by atoms with Gasteiger partial charge >= 0.3 is 5.69 Å². The summed E-state index contributed by atoms with van der Waals surface area (Å²) in [6.45, 7) is 6.31. The van der Waals surface area contributed by atoms with Crippen LogP contribution in [0.3, 0.4) is 0 Å². The van der Waals surface area contributed by atoms with Crippen LogP contribution in [0.2, 0.25) is 0 Å². The number of amides is 1. The topological polar surface area (TPSA) is 106 Å². The highest BCUT2D eigenvalue weighted by Gasteiger charge is 2.22. The third kappa shape index (κ3) is 4.47. The molecule has 0 bridgehead atoms. The van der Waals surface area contributed by atoms with Gasteiger partial charge in [0.05, 0.1) is 5.25 Å². The number of carbonyl (C=O) groups is 1. The van der Waals surface area contributed by atoms with Gasteiger partial charge in [0.1, 0.15) is 5.76 Å². The van der Waals surface area contributed by atoms with E-state index in [1.54, 1.807) is 17.6 Å². The van der Waals surface area contributed by atoms with Crippen LogP contribution in [0.15, 0.2) is 20.5 Å². The van der Waals surface area contributed by atoms with Crippen LogP contribution in [0.1, 0.15) is 38.9 Å². The molecule has 0 saturated carbocycles. The number of unbranched alkanes of at least 4 members (excludes halogenated alkanes) is 1. The largest absolute Gasteiger partial charge is 0.360 e. The SMILES string of the molecule is CCCCn1c(SC(CC)C(=O)Nc2cc(C)on2)n[nH]c1=O. The molecule has 1 unspecified atom stereocenters. The van der Waals surface area contributed by atoms with Gasteiger partial charge in [-0.25, -0.2) is 9.89 Å². The summed E-state index contributed by atoms with van der Waals surface area (Å²) < 4.78 is 6.50. The Labute approximate surface area is 138 Å². The van der Waals surface area contributed by atoms with Gasteiger partial charge < -0.3 is 9.84 Å². The summed E-state index contributed by atoms with van der Waals surface area (Å²) >= 11 is 1.27. The second kappa shape index (κ2) is 8.00. The lowest BCUT2D eigenvalue weighted by Crippen LogP contribution is -2.26. The van der Waals surface area contributed by atoms with Gasteiger partial charge in [-0.3, -0.25) is 9.36 Å². The Morgan fingerprint density at radius 3 is 2.91 bits per heavy atom. The zero-order chi connectivity index (χ0) is 16.8. The van der Waals surface area contributed by atoms with Gasteiger partial charge in [-0.2, -0.15) is 0 Å². The maximum absolute atomic E-state index is 12.4. The van der Waals surface area contributed by atoms with Crippen molar-refractivity contribution in [2.45, 2.75) is 57.0 Å². The Morgan fingerprint density at radius 1 is 1.52 bits per heavy atom. The van der Waals surface area contributed by atoms with Crippen molar-refractivity contribution < 1.29 is 9.32 Å². The molecule has 23 heavy (non-hydrogen) atoms. The molecular formula is C14H21N5O3S. The molecule has 2 rings (SSSR count). The van der Waals surface area contributed by atoms with Gasteiger partial charge in [0.2, 0.25) is 5.91 Å². The van der Waals surface area contributed by atoms with Gasteiger partial charge in [0.25, 0.3) is 0 Å². The molecule has 0 radical (unpaired) electrons. The second-order valence-corrected chi connectivity index (χ2v) is 6.31. The highest BCUT2D eigenvalue weighted by Crippen LogP contribution is 2.24. The highest BCUT2D eigenvalue weighted by atomic mass is 32.2. The summed E-state index contributed by atoms with van der Waals surface area (Å²) in [4.78, 5) is 24.1. The molecule has 2 aromatic rings. The molecule has 0 aliphatic rings. The molecule has 2 aromatic heterocycles. The van der Waals surface area contributed by atoms with Crippen LogP contribution in [0.25, 0.3) is 0 Å². The number of H-pyrrole nitrogens is 1. The molecule has 0 spiro atoms. The standard InChI is InChI=1S/C14H21N5O3S/c1-4-6-7-19-13(21)16-17-14(19)23-10(5-2)12(20)15-11-8-9(3)22-18-11/h8,10H,4-7H2,1-3H3,(H,16,21)(H,15,18,20). The fraction of sp³-hybridized carbons (Fsp3) is 0.571. The predicted molar refractivity (Wildman–Crippen MR) is 87.6 cm³/mol. The zero-order valence-corrected chi connectivity index (χ0v) is 14.3. The van der Waals surface area contributed by atoms with Crippen molar-refractivity contribution in [1.82, 2.24) is 19.9 Å². The van der Waals surface area contributed by atoms with Crippen molar-refractivity contribution in [2.24, 2.45) is 0 Å². The monoisotopic (exact) mass is 339 g/mol. The summed E-state index contributed by atoms with van der Waals surface area (Å²) in [5.41, 5.74) is -0.247. The van der Waals surface area contributed by atoms with E-state index in [4.69, 9.17) is 4.52 Å². The van der Waals surface area contributed by atoms with E-state index in [1.165, 1.54) is 11.8 Å². The summed E-state index contributed by atoms with van der Waals surface area (Å²) in [5.74, 6) is 0.821. The maximum Gasteiger partial charge on any atom is 0.343 e. The minimum absolute atomic E-state index is 0.191. The van der Waals surface area contributed by atoms with Gasteiger partial charge in [-0.15, -0.1) is 5.10 Å². The van der Waals surface area contributed by atoms with E-state index in [1.807, 2.05) is 6.92 Å². The van der Waals surface area contributed by atoms with E-state index in [2.05, 4.69) is 27.6 Å². The summed E-state index contributed by atoms with van der Waals surface area (Å²) in [5, 5.41) is 13.1. The number of hydrogen-bond donors (Lipinski definition) is 2. The lowest BCUT2D eigenvalue weighted by atomic mass is 10.3. The normalized spacial score (nSPS) is 12.3. The minimum atomic E-state index is -0.373. The van der Waals surface area contributed by atoms with E-state index in [0.29, 0.717) is 29.7 Å². The molecule has 0 fully saturated rings. The van der Waals surface area contributed by atoms with Gasteiger partial charge in [-0.1, -0.05) is 37.2 Å². The third-order valence-electron chi connectivity index (χ3n) is 3.25. The van der Waals surface area contributed by atoms with E-state index in [0.717, 1.165) is 12.8 Å². The number of anilines is 1. The van der Waals surface area contributed by atoms with Crippen molar-refractivity contribution in [1.29, 1.82) is 0 Å². The second-order valence-electron chi connectivity index (χ2n) is 5.14. The fourth-order valence-electron chi connectivity index (χ4n) is 1.99. The number of nitrogens with one attached hydrogen (secondary N) is 2. The number of rotatable bonds is 8. The van der Waals surface area contributed by atoms with Crippen LogP contribution in [0, 0.1) is 6.92 Å². The lowest BCUT2D eigenvalue weighted by molar-refractivity contribution is -0.115. The van der Waals surface area contributed by atoms with E-state index >= 15 is 0 Å². The lowest BCUT2D eigenvalue weighted by Gasteiger charge is -2.13. The van der Waals surface area contributed by atoms with Gasteiger partial charge in [0, 0.05) is 12.6 Å². The fourth-order valence-corrected chi connectivity index (χ4v) is 2.98. The van der Waals surface area contributed by atoms with Crippen LogP contribution in [-0.2, 0) is 11.3 Å². The predicted octanol–water partition coefficient (Wildman–Crippen LogP) is 2.18. The Kier molecular flexibility index (Phi) is 6.03. The summed E-state index contributed by atoms with van der Waals surface area (Å²) in [6, 6.07) is 1.65. The number of aromatic nitrogens is 4. The molecule has 2 N–H and O–H groups in total. The number of hydrogen-bond acceptors (Lipinski definition) is 6. The molecule has 0 aliphatic heterocycles.